The van der Waals surface area contributed by atoms with Crippen molar-refractivity contribution >= 4 is 38.8 Å². The molecule has 0 aliphatic carbocycles. The number of hydrogen-bond acceptors (Lipinski definition) is 2. The average Bonchev–Trinajstić information content (AvgIpc) is 2.78. The highest BCUT2D eigenvalue weighted by atomic mass is 79.9. The van der Waals surface area contributed by atoms with E-state index in [4.69, 9.17) is 0 Å². The van der Waals surface area contributed by atoms with Gasteiger partial charge in [0.1, 0.15) is 0 Å². The summed E-state index contributed by atoms with van der Waals surface area (Å²) in [6.07, 6.45) is 3.20. The number of allylic oxidation sites excluding steroid dienone is 1. The van der Waals surface area contributed by atoms with Crippen LogP contribution in [0.25, 0.3) is 5.57 Å². The van der Waals surface area contributed by atoms with Crippen LogP contribution >= 0.6 is 15.9 Å². The summed E-state index contributed by atoms with van der Waals surface area (Å²) >= 11 is 3.48. The molecule has 0 bridgehead atoms. The number of halogens is 1. The van der Waals surface area contributed by atoms with Crippen LogP contribution in [0.3, 0.4) is 0 Å². The first-order valence-electron chi connectivity index (χ1n) is 12.2. The zero-order chi connectivity index (χ0) is 25.2. The second-order valence-electron chi connectivity index (χ2n) is 11.4. The molecule has 1 amide bonds. The van der Waals surface area contributed by atoms with Gasteiger partial charge in [0.05, 0.1) is 11.2 Å². The highest BCUT2D eigenvalue weighted by molar-refractivity contribution is 9.10. The number of anilines is 2. The summed E-state index contributed by atoms with van der Waals surface area (Å²) in [5, 5.41) is 3.72. The van der Waals surface area contributed by atoms with Crippen molar-refractivity contribution in [1.29, 1.82) is 0 Å². The van der Waals surface area contributed by atoms with E-state index in [1.807, 2.05) is 29.2 Å². The van der Waals surface area contributed by atoms with E-state index in [0.29, 0.717) is 5.56 Å². The zero-order valence-electron chi connectivity index (χ0n) is 21.4. The van der Waals surface area contributed by atoms with Crippen LogP contribution in [0.5, 0.6) is 0 Å². The Hall–Kier alpha value is -2.85. The smallest absolute Gasteiger partial charge is 0.259 e. The van der Waals surface area contributed by atoms with Gasteiger partial charge in [-0.25, -0.2) is 0 Å². The predicted octanol–water partition coefficient (Wildman–Crippen LogP) is 8.19. The maximum Gasteiger partial charge on any atom is 0.259 e. The van der Waals surface area contributed by atoms with Crippen LogP contribution in [-0.4, -0.2) is 17.0 Å². The lowest BCUT2D eigenvalue weighted by Crippen LogP contribution is -2.49. The monoisotopic (exact) mass is 528 g/mol. The Balaban J connectivity index is 1.64. The number of carbonyl (C=O) groups excluding carboxylic acids is 1. The van der Waals surface area contributed by atoms with Gasteiger partial charge in [-0.1, -0.05) is 53.2 Å². The number of nitrogens with zero attached hydrogens (tertiary/aromatic N) is 1. The molecule has 0 radical (unpaired) electrons. The molecule has 0 saturated carbocycles. The minimum Gasteiger partial charge on any atom is -0.380 e. The van der Waals surface area contributed by atoms with Crippen LogP contribution in [0.4, 0.5) is 11.4 Å². The van der Waals surface area contributed by atoms with E-state index < -0.39 is 5.54 Å². The highest BCUT2D eigenvalue weighted by Gasteiger charge is 2.43. The van der Waals surface area contributed by atoms with Crippen LogP contribution in [0.15, 0.2) is 77.3 Å². The lowest BCUT2D eigenvalue weighted by atomic mass is 9.65. The van der Waals surface area contributed by atoms with Crippen LogP contribution < -0.4 is 10.2 Å². The SMILES string of the molecule is CC1=CC(C)(C)N(C(=O)c2ccc(Br)cc2)c2ccc([C@]3(C)CC(C)(C)Nc4ccccc43)cc21. The molecular weight excluding hydrogens is 496 g/mol. The first-order valence-corrected chi connectivity index (χ1v) is 13.0. The van der Waals surface area contributed by atoms with E-state index in [9.17, 15) is 4.79 Å². The van der Waals surface area contributed by atoms with E-state index in [1.54, 1.807) is 0 Å². The van der Waals surface area contributed by atoms with Gasteiger partial charge in [-0.2, -0.15) is 0 Å². The minimum absolute atomic E-state index is 0.0137. The number of carbonyl (C=O) groups is 1. The first kappa shape index (κ1) is 23.9. The third kappa shape index (κ3) is 4.02. The topological polar surface area (TPSA) is 32.3 Å². The molecule has 3 aromatic rings. The number of hydrogen-bond donors (Lipinski definition) is 1. The lowest BCUT2D eigenvalue weighted by molar-refractivity contribution is 0.0970. The van der Waals surface area contributed by atoms with Gasteiger partial charge in [0.25, 0.3) is 5.91 Å². The summed E-state index contributed by atoms with van der Waals surface area (Å²) < 4.78 is 0.964. The summed E-state index contributed by atoms with van der Waals surface area (Å²) in [6, 6.07) is 23.0. The normalized spacial score (nSPS) is 21.9. The number of nitrogens with one attached hydrogen (secondary N) is 1. The van der Waals surface area contributed by atoms with Crippen molar-refractivity contribution in [2.75, 3.05) is 10.2 Å². The number of amides is 1. The summed E-state index contributed by atoms with van der Waals surface area (Å²) in [4.78, 5) is 15.7. The fraction of sp³-hybridized carbons (Fsp3) is 0.323. The van der Waals surface area contributed by atoms with Gasteiger partial charge in [0.15, 0.2) is 0 Å². The molecule has 0 unspecified atom stereocenters. The molecule has 4 heteroatoms. The second-order valence-corrected chi connectivity index (χ2v) is 12.3. The molecule has 3 aromatic carbocycles. The quantitative estimate of drug-likeness (QED) is 0.363. The molecule has 0 saturated heterocycles. The van der Waals surface area contributed by atoms with Crippen LogP contribution in [0.2, 0.25) is 0 Å². The Kier molecular flexibility index (Phi) is 5.52. The van der Waals surface area contributed by atoms with Gasteiger partial charge in [0.2, 0.25) is 0 Å². The van der Waals surface area contributed by atoms with E-state index in [2.05, 4.69) is 111 Å². The molecule has 0 aromatic heterocycles. The average molecular weight is 530 g/mol. The van der Waals surface area contributed by atoms with Crippen LogP contribution in [0, 0.1) is 0 Å². The molecule has 1 N–H and O–H groups in total. The van der Waals surface area contributed by atoms with Crippen molar-refractivity contribution in [2.45, 2.75) is 64.5 Å². The standard InChI is InChI=1S/C31H33BrN2O/c1-20-18-30(4,5)34(28(35)21-11-14-23(32)15-12-21)27-16-13-22(17-24(20)27)31(6)19-29(2,3)33-26-10-8-7-9-25(26)31/h7-18,33H,19H2,1-6H3/t31-/m0/s1. The minimum atomic E-state index is -0.435. The van der Waals surface area contributed by atoms with Crippen molar-refractivity contribution < 1.29 is 4.79 Å². The first-order chi connectivity index (χ1) is 16.4. The van der Waals surface area contributed by atoms with Crippen molar-refractivity contribution in [3.05, 3.63) is 99.5 Å². The maximum absolute atomic E-state index is 13.8. The maximum atomic E-state index is 13.8. The molecule has 3 nitrogen and oxygen atoms in total. The van der Waals surface area contributed by atoms with E-state index >= 15 is 0 Å². The van der Waals surface area contributed by atoms with Crippen LogP contribution in [0.1, 0.15) is 75.0 Å². The van der Waals surface area contributed by atoms with Crippen LogP contribution in [-0.2, 0) is 5.41 Å². The van der Waals surface area contributed by atoms with Gasteiger partial charge in [-0.05, 0) is 100 Å². The number of benzene rings is 3. The fourth-order valence-corrected chi connectivity index (χ4v) is 6.45. The molecule has 5 rings (SSSR count). The molecule has 1 atom stereocenters. The Bertz CT molecular complexity index is 1350. The summed E-state index contributed by atoms with van der Waals surface area (Å²) in [5.74, 6) is 0.0137. The van der Waals surface area contributed by atoms with Crippen molar-refractivity contribution in [3.63, 3.8) is 0 Å². The summed E-state index contributed by atoms with van der Waals surface area (Å²) in [6.45, 7) is 13.3. The van der Waals surface area contributed by atoms with E-state index in [1.165, 1.54) is 22.4 Å². The van der Waals surface area contributed by atoms with Crippen molar-refractivity contribution in [3.8, 4) is 0 Å². The highest BCUT2D eigenvalue weighted by Crippen LogP contribution is 2.49. The second kappa shape index (κ2) is 8.09. The molecule has 2 aliphatic heterocycles. The van der Waals surface area contributed by atoms with Gasteiger partial charge < -0.3 is 5.32 Å². The Morgan fingerprint density at radius 1 is 0.943 bits per heavy atom. The molecule has 180 valence electrons. The Morgan fingerprint density at radius 3 is 2.34 bits per heavy atom. The summed E-state index contributed by atoms with van der Waals surface area (Å²) in [7, 11) is 0. The number of rotatable bonds is 2. The predicted molar refractivity (Wildman–Crippen MR) is 150 cm³/mol. The third-order valence-electron chi connectivity index (χ3n) is 7.53. The zero-order valence-corrected chi connectivity index (χ0v) is 23.0. The van der Waals surface area contributed by atoms with Crippen molar-refractivity contribution in [2.24, 2.45) is 0 Å². The largest absolute Gasteiger partial charge is 0.380 e. The lowest BCUT2D eigenvalue weighted by Gasteiger charge is -2.47. The van der Waals surface area contributed by atoms with E-state index in [-0.39, 0.29) is 16.9 Å². The Morgan fingerprint density at radius 2 is 1.63 bits per heavy atom. The van der Waals surface area contributed by atoms with Gasteiger partial charge >= 0.3 is 0 Å². The fourth-order valence-electron chi connectivity index (χ4n) is 6.18. The molecule has 0 fully saturated rings. The number of para-hydroxylation sites is 1. The summed E-state index contributed by atoms with van der Waals surface area (Å²) in [5.41, 5.74) is 7.17. The molecule has 0 spiro atoms. The van der Waals surface area contributed by atoms with Gasteiger partial charge in [-0.3, -0.25) is 9.69 Å². The van der Waals surface area contributed by atoms with Gasteiger partial charge in [-0.15, -0.1) is 0 Å². The van der Waals surface area contributed by atoms with Crippen molar-refractivity contribution in [1.82, 2.24) is 0 Å². The molecule has 2 aliphatic rings. The molecule has 35 heavy (non-hydrogen) atoms. The van der Waals surface area contributed by atoms with Gasteiger partial charge in [0, 0.05) is 32.2 Å². The molecule has 2 heterocycles. The molecular formula is C31H33BrN2O. The Labute approximate surface area is 217 Å². The van der Waals surface area contributed by atoms with E-state index in [0.717, 1.165) is 22.1 Å². The number of fused-ring (bicyclic) bond motifs is 2. The third-order valence-corrected chi connectivity index (χ3v) is 8.06.